The smallest absolute Gasteiger partial charge is 0.161 e. The summed E-state index contributed by atoms with van der Waals surface area (Å²) in [5.41, 5.74) is 2.79. The van der Waals surface area contributed by atoms with Crippen molar-refractivity contribution in [1.82, 2.24) is 0 Å². The molecule has 0 fully saturated rings. The van der Waals surface area contributed by atoms with Crippen molar-refractivity contribution in [2.75, 3.05) is 13.2 Å². The number of hydrogen-bond acceptors (Lipinski definition) is 4. The molecule has 0 spiro atoms. The van der Waals surface area contributed by atoms with E-state index in [0.29, 0.717) is 30.6 Å². The fraction of sp³-hybridized carbons (Fsp3) is 0.167. The molecule has 2 aromatic rings. The average molecular weight is 296 g/mol. The van der Waals surface area contributed by atoms with Crippen LogP contribution in [0.25, 0.3) is 12.2 Å². The highest BCUT2D eigenvalue weighted by molar-refractivity contribution is 5.83. The summed E-state index contributed by atoms with van der Waals surface area (Å²) < 4.78 is 11.0. The number of rotatable bonds is 3. The average Bonchev–Trinajstić information content (AvgIpc) is 2.55. The van der Waals surface area contributed by atoms with E-state index in [4.69, 9.17) is 9.47 Å². The molecule has 1 heterocycles. The molecule has 0 saturated carbocycles. The highest BCUT2D eigenvalue weighted by Gasteiger charge is 2.10. The SMILES string of the molecule is Cc1cc(C=Cc2ccc3c(c2)OCCO3)cc(C=O)c1O. The molecule has 4 heteroatoms. The van der Waals surface area contributed by atoms with Crippen LogP contribution in [-0.2, 0) is 0 Å². The van der Waals surface area contributed by atoms with E-state index in [1.165, 1.54) is 0 Å². The standard InChI is InChI=1S/C18H16O4/c1-12-8-14(9-15(11-19)18(12)20)3-2-13-4-5-16-17(10-13)22-7-6-21-16/h2-5,8-11,20H,6-7H2,1H3. The number of carbonyl (C=O) groups excluding carboxylic acids is 1. The van der Waals surface area contributed by atoms with Crippen LogP contribution in [0, 0.1) is 6.92 Å². The lowest BCUT2D eigenvalue weighted by molar-refractivity contribution is 0.112. The fourth-order valence-electron chi connectivity index (χ4n) is 2.38. The summed E-state index contributed by atoms with van der Waals surface area (Å²) >= 11 is 0. The molecule has 1 aliphatic heterocycles. The van der Waals surface area contributed by atoms with Gasteiger partial charge in [-0.1, -0.05) is 18.2 Å². The van der Waals surface area contributed by atoms with Gasteiger partial charge in [-0.3, -0.25) is 4.79 Å². The quantitative estimate of drug-likeness (QED) is 0.696. The minimum Gasteiger partial charge on any atom is -0.507 e. The van der Waals surface area contributed by atoms with Crippen LogP contribution in [0.15, 0.2) is 30.3 Å². The lowest BCUT2D eigenvalue weighted by Gasteiger charge is -2.18. The van der Waals surface area contributed by atoms with Crippen LogP contribution in [0.3, 0.4) is 0 Å². The fourth-order valence-corrected chi connectivity index (χ4v) is 2.38. The first-order chi connectivity index (χ1) is 10.7. The van der Waals surface area contributed by atoms with Crippen LogP contribution >= 0.6 is 0 Å². The highest BCUT2D eigenvalue weighted by atomic mass is 16.6. The van der Waals surface area contributed by atoms with Gasteiger partial charge in [0.05, 0.1) is 5.56 Å². The van der Waals surface area contributed by atoms with Crippen molar-refractivity contribution in [3.63, 3.8) is 0 Å². The van der Waals surface area contributed by atoms with Gasteiger partial charge in [0.1, 0.15) is 19.0 Å². The number of hydrogen-bond donors (Lipinski definition) is 1. The molecule has 1 aliphatic rings. The van der Waals surface area contributed by atoms with Gasteiger partial charge in [-0.05, 0) is 47.9 Å². The summed E-state index contributed by atoms with van der Waals surface area (Å²) in [5, 5.41) is 9.75. The Morgan fingerprint density at radius 2 is 1.73 bits per heavy atom. The Kier molecular flexibility index (Phi) is 3.83. The second-order valence-electron chi connectivity index (χ2n) is 5.13. The Bertz CT molecular complexity index is 747. The molecular formula is C18H16O4. The molecular weight excluding hydrogens is 280 g/mol. The molecule has 0 aromatic heterocycles. The van der Waals surface area contributed by atoms with Gasteiger partial charge in [0.2, 0.25) is 0 Å². The molecule has 1 N–H and O–H groups in total. The van der Waals surface area contributed by atoms with Crippen LogP contribution in [0.4, 0.5) is 0 Å². The molecule has 0 aliphatic carbocycles. The molecule has 0 bridgehead atoms. The number of aryl methyl sites for hydroxylation is 1. The number of carbonyl (C=O) groups is 1. The normalized spacial score (nSPS) is 13.3. The van der Waals surface area contributed by atoms with Crippen molar-refractivity contribution < 1.29 is 19.4 Å². The number of phenolic OH excluding ortho intramolecular Hbond substituents is 1. The predicted molar refractivity (Wildman–Crippen MR) is 84.6 cm³/mol. The van der Waals surface area contributed by atoms with Gasteiger partial charge >= 0.3 is 0 Å². The van der Waals surface area contributed by atoms with Gasteiger partial charge in [0.25, 0.3) is 0 Å². The summed E-state index contributed by atoms with van der Waals surface area (Å²) in [6.45, 7) is 2.90. The van der Waals surface area contributed by atoms with Crippen LogP contribution in [0.5, 0.6) is 17.2 Å². The Morgan fingerprint density at radius 1 is 1.00 bits per heavy atom. The maximum atomic E-state index is 11.0. The summed E-state index contributed by atoms with van der Waals surface area (Å²) in [4.78, 5) is 11.0. The highest BCUT2D eigenvalue weighted by Crippen LogP contribution is 2.31. The van der Waals surface area contributed by atoms with E-state index in [1.54, 1.807) is 13.0 Å². The Labute approximate surface area is 128 Å². The molecule has 0 unspecified atom stereocenters. The number of benzene rings is 2. The third-order valence-corrected chi connectivity index (χ3v) is 3.51. The number of ether oxygens (including phenoxy) is 2. The molecule has 3 rings (SSSR count). The first-order valence-electron chi connectivity index (χ1n) is 7.04. The zero-order valence-electron chi connectivity index (χ0n) is 12.2. The lowest BCUT2D eigenvalue weighted by Crippen LogP contribution is -2.15. The Hall–Kier alpha value is -2.75. The molecule has 0 amide bonds. The summed E-state index contributed by atoms with van der Waals surface area (Å²) in [5.74, 6) is 1.53. The lowest BCUT2D eigenvalue weighted by atomic mass is 10.0. The van der Waals surface area contributed by atoms with Gasteiger partial charge in [-0.2, -0.15) is 0 Å². The van der Waals surface area contributed by atoms with Gasteiger partial charge in [0, 0.05) is 0 Å². The van der Waals surface area contributed by atoms with E-state index < -0.39 is 0 Å². The number of fused-ring (bicyclic) bond motifs is 1. The van der Waals surface area contributed by atoms with Crippen molar-refractivity contribution in [1.29, 1.82) is 0 Å². The molecule has 0 saturated heterocycles. The van der Waals surface area contributed by atoms with Gasteiger partial charge in [-0.15, -0.1) is 0 Å². The van der Waals surface area contributed by atoms with Crippen LogP contribution < -0.4 is 9.47 Å². The van der Waals surface area contributed by atoms with E-state index in [2.05, 4.69) is 0 Å². The number of phenols is 1. The summed E-state index contributed by atoms with van der Waals surface area (Å²) in [6, 6.07) is 9.23. The third-order valence-electron chi connectivity index (χ3n) is 3.51. The van der Waals surface area contributed by atoms with Crippen molar-refractivity contribution in [3.05, 3.63) is 52.6 Å². The monoisotopic (exact) mass is 296 g/mol. The zero-order chi connectivity index (χ0) is 15.5. The predicted octanol–water partition coefficient (Wildman–Crippen LogP) is 3.45. The van der Waals surface area contributed by atoms with Crippen LogP contribution in [0.2, 0.25) is 0 Å². The van der Waals surface area contributed by atoms with Gasteiger partial charge in [-0.25, -0.2) is 0 Å². The molecule has 22 heavy (non-hydrogen) atoms. The topological polar surface area (TPSA) is 55.8 Å². The van der Waals surface area contributed by atoms with E-state index >= 15 is 0 Å². The van der Waals surface area contributed by atoms with Crippen LogP contribution in [0.1, 0.15) is 27.0 Å². The first kappa shape index (κ1) is 14.2. The Morgan fingerprint density at radius 3 is 2.50 bits per heavy atom. The van der Waals surface area contributed by atoms with E-state index in [9.17, 15) is 9.90 Å². The molecule has 112 valence electrons. The largest absolute Gasteiger partial charge is 0.507 e. The second kappa shape index (κ2) is 5.93. The maximum Gasteiger partial charge on any atom is 0.161 e. The molecule has 2 aromatic carbocycles. The van der Waals surface area contributed by atoms with Gasteiger partial charge in [0.15, 0.2) is 17.8 Å². The molecule has 0 radical (unpaired) electrons. The Balaban J connectivity index is 1.88. The maximum absolute atomic E-state index is 11.0. The summed E-state index contributed by atoms with van der Waals surface area (Å²) in [7, 11) is 0. The summed E-state index contributed by atoms with van der Waals surface area (Å²) in [6.07, 6.45) is 4.48. The van der Waals surface area contributed by atoms with Crippen molar-refractivity contribution in [3.8, 4) is 17.2 Å². The zero-order valence-corrected chi connectivity index (χ0v) is 12.2. The van der Waals surface area contributed by atoms with E-state index in [0.717, 1.165) is 22.6 Å². The van der Waals surface area contributed by atoms with E-state index in [1.807, 2.05) is 36.4 Å². The van der Waals surface area contributed by atoms with Crippen molar-refractivity contribution in [2.24, 2.45) is 0 Å². The molecule has 4 nitrogen and oxygen atoms in total. The second-order valence-corrected chi connectivity index (χ2v) is 5.13. The van der Waals surface area contributed by atoms with Crippen molar-refractivity contribution in [2.45, 2.75) is 6.92 Å². The number of aromatic hydroxyl groups is 1. The number of aldehydes is 1. The minimum absolute atomic E-state index is 0.0338. The third kappa shape index (κ3) is 2.81. The van der Waals surface area contributed by atoms with Crippen molar-refractivity contribution >= 4 is 18.4 Å². The molecule has 0 atom stereocenters. The van der Waals surface area contributed by atoms with E-state index in [-0.39, 0.29) is 5.75 Å². The van der Waals surface area contributed by atoms with Gasteiger partial charge < -0.3 is 14.6 Å². The first-order valence-corrected chi connectivity index (χ1v) is 7.04. The van der Waals surface area contributed by atoms with Crippen LogP contribution in [-0.4, -0.2) is 24.6 Å². The minimum atomic E-state index is 0.0338.